The molecule has 3 aromatic heterocycles. The highest BCUT2D eigenvalue weighted by atomic mass is 16.3. The normalized spacial score (nSPS) is 19.5. The molecule has 1 aliphatic carbocycles. The number of aromatic nitrogens is 5. The lowest BCUT2D eigenvalue weighted by atomic mass is 9.81. The summed E-state index contributed by atoms with van der Waals surface area (Å²) < 4.78 is 3.27. The number of likely N-dealkylation sites (N-methyl/N-ethyl adjacent to an activating group) is 1. The minimum absolute atomic E-state index is 0.219. The van der Waals surface area contributed by atoms with Gasteiger partial charge in [0, 0.05) is 43.8 Å². The molecule has 4 aromatic rings. The van der Waals surface area contributed by atoms with Gasteiger partial charge in [0.15, 0.2) is 11.5 Å². The van der Waals surface area contributed by atoms with Gasteiger partial charge in [0.2, 0.25) is 5.95 Å². The van der Waals surface area contributed by atoms with Crippen molar-refractivity contribution in [3.8, 4) is 5.82 Å². The van der Waals surface area contributed by atoms with E-state index in [0.717, 1.165) is 50.3 Å². The summed E-state index contributed by atoms with van der Waals surface area (Å²) in [5, 5.41) is 15.0. The van der Waals surface area contributed by atoms with Crippen LogP contribution in [-0.4, -0.2) is 67.5 Å². The first-order valence-electron chi connectivity index (χ1n) is 14.0. The van der Waals surface area contributed by atoms with E-state index in [2.05, 4.69) is 45.9 Å². The molecule has 0 radical (unpaired) electrons. The van der Waals surface area contributed by atoms with Crippen LogP contribution in [-0.2, 0) is 18.6 Å². The van der Waals surface area contributed by atoms with Gasteiger partial charge < -0.3 is 20.2 Å². The van der Waals surface area contributed by atoms with Gasteiger partial charge in [0.1, 0.15) is 11.0 Å². The van der Waals surface area contributed by atoms with E-state index in [-0.39, 0.29) is 12.1 Å². The van der Waals surface area contributed by atoms with Gasteiger partial charge in [-0.25, -0.2) is 19.3 Å². The number of hydrogen-bond donors (Lipinski definition) is 2. The van der Waals surface area contributed by atoms with Crippen LogP contribution in [0.3, 0.4) is 0 Å². The number of anilines is 3. The van der Waals surface area contributed by atoms with Crippen molar-refractivity contribution in [2.24, 2.45) is 0 Å². The number of hydrogen-bond acceptors (Lipinski definition) is 8. The fourth-order valence-corrected chi connectivity index (χ4v) is 5.79. The molecule has 0 saturated carbocycles. The van der Waals surface area contributed by atoms with E-state index in [1.807, 2.05) is 31.2 Å². The first-order chi connectivity index (χ1) is 19.4. The minimum atomic E-state index is -0.978. The van der Waals surface area contributed by atoms with Gasteiger partial charge in [0.05, 0.1) is 12.2 Å². The molecule has 2 aliphatic rings. The largest absolute Gasteiger partial charge is 0.384 e. The zero-order valence-corrected chi connectivity index (χ0v) is 23.2. The SMILES string of the molecule is C=CCn1c(=O)c2cnc(Nc3ccc(N4CCN(C)CC4)cc3)nc2n1-c1ccc2c(n1)[C@@](O)(CC)CCC2. The zero-order chi connectivity index (χ0) is 27.9. The Kier molecular flexibility index (Phi) is 6.89. The third kappa shape index (κ3) is 4.67. The Balaban J connectivity index is 1.37. The van der Waals surface area contributed by atoms with Crippen molar-refractivity contribution in [2.75, 3.05) is 43.4 Å². The van der Waals surface area contributed by atoms with Gasteiger partial charge in [-0.15, -0.1) is 6.58 Å². The molecular weight excluding hydrogens is 504 g/mol. The van der Waals surface area contributed by atoms with Crippen LogP contribution >= 0.6 is 0 Å². The van der Waals surface area contributed by atoms with Gasteiger partial charge in [-0.1, -0.05) is 19.1 Å². The molecule has 10 heteroatoms. The molecule has 0 spiro atoms. The lowest BCUT2D eigenvalue weighted by Crippen LogP contribution is -2.44. The summed E-state index contributed by atoms with van der Waals surface area (Å²) in [5.41, 5.74) is 3.03. The number of nitrogens with one attached hydrogen (secondary N) is 1. The summed E-state index contributed by atoms with van der Waals surface area (Å²) >= 11 is 0. The second kappa shape index (κ2) is 10.5. The van der Waals surface area contributed by atoms with Crippen LogP contribution in [0.25, 0.3) is 16.9 Å². The molecule has 4 heterocycles. The molecule has 0 unspecified atom stereocenters. The number of nitrogens with zero attached hydrogens (tertiary/aromatic N) is 7. The Morgan fingerprint density at radius 1 is 1.10 bits per heavy atom. The Bertz CT molecular complexity index is 1600. The predicted molar refractivity (Wildman–Crippen MR) is 158 cm³/mol. The Morgan fingerprint density at radius 3 is 2.60 bits per heavy atom. The smallest absolute Gasteiger partial charge is 0.278 e. The Morgan fingerprint density at radius 2 is 1.88 bits per heavy atom. The predicted octanol–water partition coefficient (Wildman–Crippen LogP) is 3.59. The van der Waals surface area contributed by atoms with Gasteiger partial charge in [0.25, 0.3) is 5.56 Å². The topological polar surface area (TPSA) is 104 Å². The Hall–Kier alpha value is -4.02. The van der Waals surface area contributed by atoms with Crippen LogP contribution < -0.4 is 15.8 Å². The molecule has 0 bridgehead atoms. The average molecular weight is 541 g/mol. The number of aryl methyl sites for hydroxylation is 1. The van der Waals surface area contributed by atoms with E-state index < -0.39 is 5.60 Å². The standard InChI is InChI=1S/C30H36N8O2/c1-4-15-37-28(39)24-20-31-29(32-22-9-11-23(12-10-22)36-18-16-35(3)17-19-36)34-27(24)38(37)25-13-8-21-7-6-14-30(40,5-2)26(21)33-25/h4,8-13,20,40H,1,5-7,14-19H2,2-3H3,(H,31,32,34)/t30-/m1/s1. The van der Waals surface area contributed by atoms with E-state index in [0.29, 0.717) is 41.3 Å². The van der Waals surface area contributed by atoms with Crippen LogP contribution in [0.4, 0.5) is 17.3 Å². The maximum atomic E-state index is 13.4. The second-order valence-corrected chi connectivity index (χ2v) is 10.8. The number of fused-ring (bicyclic) bond motifs is 2. The fraction of sp³-hybridized carbons (Fsp3) is 0.400. The monoisotopic (exact) mass is 540 g/mol. The van der Waals surface area contributed by atoms with Crippen LogP contribution in [0.5, 0.6) is 0 Å². The zero-order valence-electron chi connectivity index (χ0n) is 23.2. The van der Waals surface area contributed by atoms with E-state index in [4.69, 9.17) is 9.97 Å². The molecule has 6 rings (SSSR count). The summed E-state index contributed by atoms with van der Waals surface area (Å²) in [6.45, 7) is 10.2. The molecule has 10 nitrogen and oxygen atoms in total. The van der Waals surface area contributed by atoms with Crippen LogP contribution in [0.2, 0.25) is 0 Å². The highest BCUT2D eigenvalue weighted by molar-refractivity contribution is 5.77. The number of piperazine rings is 1. The van der Waals surface area contributed by atoms with E-state index >= 15 is 0 Å². The molecule has 2 N–H and O–H groups in total. The van der Waals surface area contributed by atoms with Gasteiger partial charge >= 0.3 is 0 Å². The summed E-state index contributed by atoms with van der Waals surface area (Å²) in [5.74, 6) is 0.912. The van der Waals surface area contributed by atoms with Crippen molar-refractivity contribution in [2.45, 2.75) is 44.8 Å². The van der Waals surface area contributed by atoms with Crippen LogP contribution in [0, 0.1) is 0 Å². The third-order valence-corrected chi connectivity index (χ3v) is 8.21. The number of rotatable bonds is 7. The van der Waals surface area contributed by atoms with Crippen molar-refractivity contribution >= 4 is 28.4 Å². The summed E-state index contributed by atoms with van der Waals surface area (Å²) in [4.78, 5) is 32.2. The first kappa shape index (κ1) is 26.2. The number of allylic oxidation sites excluding steroid dienone is 1. The lowest BCUT2D eigenvalue weighted by molar-refractivity contribution is 0.0103. The maximum absolute atomic E-state index is 13.4. The van der Waals surface area contributed by atoms with Crippen molar-refractivity contribution in [1.29, 1.82) is 0 Å². The van der Waals surface area contributed by atoms with Crippen LogP contribution in [0.15, 0.2) is 60.0 Å². The van der Waals surface area contributed by atoms with Crippen LogP contribution in [0.1, 0.15) is 37.4 Å². The van der Waals surface area contributed by atoms with Crippen molar-refractivity contribution in [3.05, 3.63) is 76.9 Å². The lowest BCUT2D eigenvalue weighted by Gasteiger charge is -2.34. The molecule has 1 atom stereocenters. The molecule has 1 aromatic carbocycles. The molecule has 1 aliphatic heterocycles. The molecular formula is C30H36N8O2. The van der Waals surface area contributed by atoms with E-state index in [1.54, 1.807) is 21.6 Å². The average Bonchev–Trinajstić information content (AvgIpc) is 3.24. The second-order valence-electron chi connectivity index (χ2n) is 10.8. The van der Waals surface area contributed by atoms with E-state index in [1.165, 1.54) is 5.69 Å². The first-order valence-corrected chi connectivity index (χ1v) is 14.0. The summed E-state index contributed by atoms with van der Waals surface area (Å²) in [6, 6.07) is 12.2. The number of pyridine rings is 1. The molecule has 208 valence electrons. The Labute approximate surface area is 233 Å². The van der Waals surface area contributed by atoms with Gasteiger partial charge in [-0.2, -0.15) is 4.98 Å². The van der Waals surface area contributed by atoms with E-state index in [9.17, 15) is 9.90 Å². The van der Waals surface area contributed by atoms with Crippen molar-refractivity contribution in [3.63, 3.8) is 0 Å². The quantitative estimate of drug-likeness (QED) is 0.343. The van der Waals surface area contributed by atoms with Gasteiger partial charge in [-0.05, 0) is 68.6 Å². The van der Waals surface area contributed by atoms with Crippen molar-refractivity contribution < 1.29 is 5.11 Å². The maximum Gasteiger partial charge on any atom is 0.278 e. The summed E-state index contributed by atoms with van der Waals surface area (Å²) in [7, 11) is 2.15. The summed E-state index contributed by atoms with van der Waals surface area (Å²) in [6.07, 6.45) is 6.27. The number of benzene rings is 1. The molecule has 1 saturated heterocycles. The molecule has 1 fully saturated rings. The van der Waals surface area contributed by atoms with Gasteiger partial charge in [-0.3, -0.25) is 4.79 Å². The third-order valence-electron chi connectivity index (χ3n) is 8.21. The molecule has 40 heavy (non-hydrogen) atoms. The fourth-order valence-electron chi connectivity index (χ4n) is 5.79. The highest BCUT2D eigenvalue weighted by Crippen LogP contribution is 2.37. The number of aliphatic hydroxyl groups is 1. The van der Waals surface area contributed by atoms with Crippen molar-refractivity contribution in [1.82, 2.24) is 29.2 Å². The molecule has 0 amide bonds. The highest BCUT2D eigenvalue weighted by Gasteiger charge is 2.35. The minimum Gasteiger partial charge on any atom is -0.384 e.